The number of anilines is 1. The summed E-state index contributed by atoms with van der Waals surface area (Å²) >= 11 is 14.2. The first-order chi connectivity index (χ1) is 9.58. The number of nitrogens with one attached hydrogen (secondary N) is 1. The van der Waals surface area contributed by atoms with Crippen LogP contribution in [0.5, 0.6) is 0 Å². The van der Waals surface area contributed by atoms with Gasteiger partial charge in [-0.05, 0) is 43.7 Å². The van der Waals surface area contributed by atoms with E-state index in [1.54, 1.807) is 11.8 Å². The van der Waals surface area contributed by atoms with Gasteiger partial charge < -0.3 is 5.32 Å². The molecule has 1 saturated carbocycles. The van der Waals surface area contributed by atoms with Gasteiger partial charge in [0.1, 0.15) is 0 Å². The SMILES string of the molecule is CC1CCC2(CC1)CSC(Nc1c(Cl)cccc1Cl)=N2. The molecular weight excluding hydrogens is 311 g/mol. The average molecular weight is 329 g/mol. The molecule has 20 heavy (non-hydrogen) atoms. The number of amidine groups is 1. The van der Waals surface area contributed by atoms with Crippen LogP contribution in [-0.2, 0) is 0 Å². The fourth-order valence-electron chi connectivity index (χ4n) is 2.83. The molecule has 2 aliphatic rings. The molecule has 0 radical (unpaired) electrons. The number of hydrogen-bond donors (Lipinski definition) is 1. The van der Waals surface area contributed by atoms with Crippen molar-refractivity contribution in [2.45, 2.75) is 38.1 Å². The summed E-state index contributed by atoms with van der Waals surface area (Å²) in [6.45, 7) is 2.33. The zero-order valence-corrected chi connectivity index (χ0v) is 13.8. The molecule has 5 heteroatoms. The van der Waals surface area contributed by atoms with Crippen molar-refractivity contribution in [3.63, 3.8) is 0 Å². The molecule has 2 nitrogen and oxygen atoms in total. The number of para-hydroxylation sites is 1. The highest BCUT2D eigenvalue weighted by Gasteiger charge is 2.38. The smallest absolute Gasteiger partial charge is 0.161 e. The molecule has 3 rings (SSSR count). The fourth-order valence-corrected chi connectivity index (χ4v) is 4.51. The lowest BCUT2D eigenvalue weighted by molar-refractivity contribution is 0.273. The van der Waals surface area contributed by atoms with Crippen molar-refractivity contribution in [3.05, 3.63) is 28.2 Å². The molecule has 1 aliphatic heterocycles. The largest absolute Gasteiger partial charge is 0.333 e. The third-order valence-corrected chi connectivity index (χ3v) is 5.99. The van der Waals surface area contributed by atoms with Gasteiger partial charge in [0.25, 0.3) is 0 Å². The summed E-state index contributed by atoms with van der Waals surface area (Å²) in [6.07, 6.45) is 4.96. The second-order valence-electron chi connectivity index (χ2n) is 5.83. The van der Waals surface area contributed by atoms with Crippen LogP contribution in [0.4, 0.5) is 5.69 Å². The van der Waals surface area contributed by atoms with E-state index in [1.165, 1.54) is 25.7 Å². The molecule has 1 N–H and O–H groups in total. The Morgan fingerprint density at radius 3 is 2.55 bits per heavy atom. The maximum Gasteiger partial charge on any atom is 0.161 e. The summed E-state index contributed by atoms with van der Waals surface area (Å²) in [6, 6.07) is 5.53. The molecule has 1 fully saturated rings. The lowest BCUT2D eigenvalue weighted by Crippen LogP contribution is -2.32. The van der Waals surface area contributed by atoms with E-state index in [4.69, 9.17) is 28.2 Å². The van der Waals surface area contributed by atoms with Crippen LogP contribution in [0.15, 0.2) is 23.2 Å². The summed E-state index contributed by atoms with van der Waals surface area (Å²) in [4.78, 5) is 4.94. The summed E-state index contributed by atoms with van der Waals surface area (Å²) in [5.41, 5.74) is 0.913. The second-order valence-corrected chi connectivity index (χ2v) is 7.61. The van der Waals surface area contributed by atoms with Crippen LogP contribution in [0.1, 0.15) is 32.6 Å². The minimum absolute atomic E-state index is 0.146. The molecule has 0 bridgehead atoms. The minimum Gasteiger partial charge on any atom is -0.333 e. The van der Waals surface area contributed by atoms with E-state index >= 15 is 0 Å². The molecule has 0 aromatic heterocycles. The van der Waals surface area contributed by atoms with Gasteiger partial charge in [-0.2, -0.15) is 0 Å². The maximum atomic E-state index is 6.19. The van der Waals surface area contributed by atoms with E-state index < -0.39 is 0 Å². The van der Waals surface area contributed by atoms with E-state index in [1.807, 2.05) is 18.2 Å². The predicted molar refractivity (Wildman–Crippen MR) is 90.3 cm³/mol. The fraction of sp³-hybridized carbons (Fsp3) is 0.533. The molecule has 1 aromatic rings. The van der Waals surface area contributed by atoms with Crippen molar-refractivity contribution in [3.8, 4) is 0 Å². The molecule has 1 heterocycles. The van der Waals surface area contributed by atoms with Crippen LogP contribution in [-0.4, -0.2) is 16.5 Å². The summed E-state index contributed by atoms with van der Waals surface area (Å²) < 4.78 is 0. The Morgan fingerprint density at radius 1 is 1.25 bits per heavy atom. The topological polar surface area (TPSA) is 24.4 Å². The highest BCUT2D eigenvalue weighted by molar-refractivity contribution is 8.14. The van der Waals surface area contributed by atoms with Crippen LogP contribution in [0.2, 0.25) is 10.0 Å². The lowest BCUT2D eigenvalue weighted by Gasteiger charge is -2.32. The summed E-state index contributed by atoms with van der Waals surface area (Å²) in [7, 11) is 0. The quantitative estimate of drug-likeness (QED) is 0.740. The Bertz CT molecular complexity index is 516. The third kappa shape index (κ3) is 2.95. The second kappa shape index (κ2) is 5.78. The van der Waals surface area contributed by atoms with Crippen molar-refractivity contribution in [2.75, 3.05) is 11.1 Å². The molecule has 0 amide bonds. The standard InChI is InChI=1S/C15H18Cl2N2S/c1-10-5-7-15(8-6-10)9-20-14(19-15)18-13-11(16)3-2-4-12(13)17/h2-4,10H,5-9H2,1H3,(H,18,19). The number of benzene rings is 1. The molecule has 1 aliphatic carbocycles. The van der Waals surface area contributed by atoms with Crippen LogP contribution >= 0.6 is 35.0 Å². The Morgan fingerprint density at radius 2 is 1.90 bits per heavy atom. The van der Waals surface area contributed by atoms with E-state index in [9.17, 15) is 0 Å². The lowest BCUT2D eigenvalue weighted by atomic mass is 9.79. The van der Waals surface area contributed by atoms with E-state index in [2.05, 4.69) is 12.2 Å². The normalized spacial score (nSPS) is 29.6. The number of aliphatic imine (C=N–C) groups is 1. The molecule has 0 atom stereocenters. The van der Waals surface area contributed by atoms with Gasteiger partial charge in [0.05, 0.1) is 21.3 Å². The first-order valence-electron chi connectivity index (χ1n) is 7.02. The first kappa shape index (κ1) is 14.6. The molecule has 1 spiro atoms. The average Bonchev–Trinajstić information content (AvgIpc) is 2.81. The van der Waals surface area contributed by atoms with Gasteiger partial charge in [0.2, 0.25) is 0 Å². The number of rotatable bonds is 1. The number of halogens is 2. The molecule has 0 saturated heterocycles. The van der Waals surface area contributed by atoms with Gasteiger partial charge in [-0.3, -0.25) is 4.99 Å². The zero-order chi connectivity index (χ0) is 14.2. The van der Waals surface area contributed by atoms with Crippen LogP contribution in [0.25, 0.3) is 0 Å². The van der Waals surface area contributed by atoms with Gasteiger partial charge in [0.15, 0.2) is 5.17 Å². The number of nitrogens with zero attached hydrogens (tertiary/aromatic N) is 1. The van der Waals surface area contributed by atoms with Gasteiger partial charge in [-0.15, -0.1) is 0 Å². The monoisotopic (exact) mass is 328 g/mol. The summed E-state index contributed by atoms with van der Waals surface area (Å²) in [5.74, 6) is 1.92. The molecule has 0 unspecified atom stereocenters. The van der Waals surface area contributed by atoms with E-state index in [-0.39, 0.29) is 5.54 Å². The highest BCUT2D eigenvalue weighted by Crippen LogP contribution is 2.42. The molecule has 1 aromatic carbocycles. The van der Waals surface area contributed by atoms with Crippen LogP contribution in [0.3, 0.4) is 0 Å². The van der Waals surface area contributed by atoms with Gasteiger partial charge >= 0.3 is 0 Å². The van der Waals surface area contributed by atoms with E-state index in [0.29, 0.717) is 10.0 Å². The van der Waals surface area contributed by atoms with Crippen molar-refractivity contribution >= 4 is 45.8 Å². The van der Waals surface area contributed by atoms with E-state index in [0.717, 1.165) is 22.5 Å². The van der Waals surface area contributed by atoms with Crippen molar-refractivity contribution < 1.29 is 0 Å². The number of hydrogen-bond acceptors (Lipinski definition) is 3. The van der Waals surface area contributed by atoms with Crippen LogP contribution in [0, 0.1) is 5.92 Å². The first-order valence-corrected chi connectivity index (χ1v) is 8.76. The minimum atomic E-state index is 0.146. The third-order valence-electron chi connectivity index (χ3n) is 4.22. The van der Waals surface area contributed by atoms with Crippen molar-refractivity contribution in [2.24, 2.45) is 10.9 Å². The molecular formula is C15H18Cl2N2S. The van der Waals surface area contributed by atoms with Gasteiger partial charge in [0, 0.05) is 5.75 Å². The Hall–Kier alpha value is -0.380. The Kier molecular flexibility index (Phi) is 4.21. The summed E-state index contributed by atoms with van der Waals surface area (Å²) in [5, 5.41) is 5.54. The maximum absolute atomic E-state index is 6.19. The van der Waals surface area contributed by atoms with Crippen LogP contribution < -0.4 is 5.32 Å². The Balaban J connectivity index is 1.76. The molecule has 108 valence electrons. The Labute approximate surface area is 134 Å². The highest BCUT2D eigenvalue weighted by atomic mass is 35.5. The van der Waals surface area contributed by atoms with Crippen molar-refractivity contribution in [1.82, 2.24) is 0 Å². The van der Waals surface area contributed by atoms with Gasteiger partial charge in [-0.1, -0.05) is 48.0 Å². The zero-order valence-electron chi connectivity index (χ0n) is 11.5. The number of thioether (sulfide) groups is 1. The van der Waals surface area contributed by atoms with Gasteiger partial charge in [-0.25, -0.2) is 0 Å². The van der Waals surface area contributed by atoms with Crippen molar-refractivity contribution in [1.29, 1.82) is 0 Å². The predicted octanol–water partition coefficient (Wildman–Crippen LogP) is 5.46.